The first-order valence-corrected chi connectivity index (χ1v) is 13.3. The summed E-state index contributed by atoms with van der Waals surface area (Å²) in [4.78, 5) is 0. The maximum Gasteiger partial charge on any atom is 0.139 e. The van der Waals surface area contributed by atoms with Gasteiger partial charge in [0.15, 0.2) is 0 Å². The molecule has 0 amide bonds. The van der Waals surface area contributed by atoms with Crippen LogP contribution in [0.1, 0.15) is 36.0 Å². The Bertz CT molecular complexity index is 1580. The second-order valence-electron chi connectivity index (χ2n) is 9.09. The number of halogens is 1. The van der Waals surface area contributed by atoms with Crippen molar-refractivity contribution < 1.29 is 4.42 Å². The Labute approximate surface area is 232 Å². The third-order valence-electron chi connectivity index (χ3n) is 6.28. The van der Waals surface area contributed by atoms with Crippen LogP contribution in [0.15, 0.2) is 130 Å². The molecule has 0 radical (unpaired) electrons. The zero-order valence-corrected chi connectivity index (χ0v) is 23.0. The molecule has 0 saturated heterocycles. The Morgan fingerprint density at radius 1 is 0.921 bits per heavy atom. The minimum absolute atomic E-state index is 0.0984. The number of rotatable bonds is 3. The fourth-order valence-corrected chi connectivity index (χ4v) is 4.79. The predicted molar refractivity (Wildman–Crippen MR) is 163 cm³/mol. The van der Waals surface area contributed by atoms with E-state index in [1.54, 1.807) is 6.07 Å². The lowest BCUT2D eigenvalue weighted by Gasteiger charge is -2.15. The van der Waals surface area contributed by atoms with Crippen LogP contribution in [0.3, 0.4) is 0 Å². The Morgan fingerprint density at radius 3 is 2.29 bits per heavy atom. The topological polar surface area (TPSA) is 89.0 Å². The summed E-state index contributed by atoms with van der Waals surface area (Å²) in [5.74, 6) is 0.519. The van der Waals surface area contributed by atoms with E-state index in [9.17, 15) is 0 Å². The number of para-hydroxylation sites is 2. The molecule has 5 heteroatoms. The van der Waals surface area contributed by atoms with Crippen LogP contribution in [-0.2, 0) is 6.54 Å². The van der Waals surface area contributed by atoms with Gasteiger partial charge in [0.25, 0.3) is 0 Å². The van der Waals surface area contributed by atoms with E-state index in [2.05, 4.69) is 71.4 Å². The van der Waals surface area contributed by atoms with E-state index in [-0.39, 0.29) is 5.84 Å². The first-order chi connectivity index (χ1) is 18.5. The third-order valence-corrected chi connectivity index (χ3v) is 6.78. The molecule has 0 spiro atoms. The minimum Gasteiger partial charge on any atom is -0.456 e. The summed E-state index contributed by atoms with van der Waals surface area (Å²) >= 11 is 3.28. The molecule has 0 fully saturated rings. The lowest BCUT2D eigenvalue weighted by molar-refractivity contribution is 0.657. The molecule has 5 N–H and O–H groups in total. The summed E-state index contributed by atoms with van der Waals surface area (Å²) in [5, 5.41) is 9.52. The standard InChI is InChI=1S/C19H16O.C7H7BrN2.C7H9N/c1-13-6-4-7-14(12-13)15-9-5-10-17-16-8-2-3-11-18(16)20-19(15)17;8-6-3-1-2-5(4-6)7(9)10;8-6-7-4-2-1-3-5-7/h2-6,8-12,14H,7H2,1H3;1-4H,(H3,9,10);1-5H,6,8H2. The van der Waals surface area contributed by atoms with E-state index in [0.29, 0.717) is 12.5 Å². The number of allylic oxidation sites excluding steroid dienone is 4. The van der Waals surface area contributed by atoms with Crippen molar-refractivity contribution in [3.8, 4) is 0 Å². The zero-order valence-electron chi connectivity index (χ0n) is 21.4. The maximum absolute atomic E-state index is 7.09. The van der Waals surface area contributed by atoms with Gasteiger partial charge < -0.3 is 15.9 Å². The maximum atomic E-state index is 7.09. The molecular formula is C33H32BrN3O. The largest absolute Gasteiger partial charge is 0.456 e. The Hall–Kier alpha value is -3.93. The van der Waals surface area contributed by atoms with Crippen molar-refractivity contribution >= 4 is 43.7 Å². The van der Waals surface area contributed by atoms with Crippen LogP contribution in [-0.4, -0.2) is 5.84 Å². The van der Waals surface area contributed by atoms with Crippen LogP contribution in [0.25, 0.3) is 21.9 Å². The van der Waals surface area contributed by atoms with E-state index < -0.39 is 0 Å². The number of hydrogen-bond donors (Lipinski definition) is 3. The number of fused-ring (bicyclic) bond motifs is 3. The summed E-state index contributed by atoms with van der Waals surface area (Å²) in [5.41, 5.74) is 17.2. The monoisotopic (exact) mass is 565 g/mol. The van der Waals surface area contributed by atoms with Gasteiger partial charge in [0.1, 0.15) is 17.0 Å². The van der Waals surface area contributed by atoms with Crippen molar-refractivity contribution in [2.45, 2.75) is 25.8 Å². The van der Waals surface area contributed by atoms with Gasteiger partial charge in [0.05, 0.1) is 0 Å². The molecule has 6 rings (SSSR count). The van der Waals surface area contributed by atoms with Gasteiger partial charge in [-0.2, -0.15) is 0 Å². The highest BCUT2D eigenvalue weighted by Crippen LogP contribution is 2.37. The molecule has 4 nitrogen and oxygen atoms in total. The summed E-state index contributed by atoms with van der Waals surface area (Å²) < 4.78 is 7.06. The number of furan rings is 1. The molecule has 0 bridgehead atoms. The summed E-state index contributed by atoms with van der Waals surface area (Å²) in [6.45, 7) is 2.79. The first-order valence-electron chi connectivity index (χ1n) is 12.6. The fourth-order valence-electron chi connectivity index (χ4n) is 4.39. The number of nitrogens with two attached hydrogens (primary N) is 2. The van der Waals surface area contributed by atoms with Gasteiger partial charge in [-0.1, -0.05) is 119 Å². The third kappa shape index (κ3) is 6.88. The molecule has 1 unspecified atom stereocenters. The second kappa shape index (κ2) is 13.0. The molecule has 1 aliphatic rings. The highest BCUT2D eigenvalue weighted by Gasteiger charge is 2.17. The lowest BCUT2D eigenvalue weighted by Crippen LogP contribution is -2.10. The quantitative estimate of drug-likeness (QED) is 0.151. The van der Waals surface area contributed by atoms with Gasteiger partial charge in [-0.3, -0.25) is 5.41 Å². The van der Waals surface area contributed by atoms with Gasteiger partial charge in [0, 0.05) is 38.8 Å². The van der Waals surface area contributed by atoms with Crippen LogP contribution in [0.4, 0.5) is 0 Å². The molecule has 192 valence electrons. The van der Waals surface area contributed by atoms with Crippen molar-refractivity contribution in [1.82, 2.24) is 0 Å². The van der Waals surface area contributed by atoms with E-state index >= 15 is 0 Å². The van der Waals surface area contributed by atoms with Crippen LogP contribution in [0.2, 0.25) is 0 Å². The smallest absolute Gasteiger partial charge is 0.139 e. The van der Waals surface area contributed by atoms with E-state index in [4.69, 9.17) is 21.3 Å². The summed E-state index contributed by atoms with van der Waals surface area (Å²) in [7, 11) is 0. The van der Waals surface area contributed by atoms with Crippen molar-refractivity contribution in [2.24, 2.45) is 11.5 Å². The van der Waals surface area contributed by atoms with Crippen LogP contribution in [0.5, 0.6) is 0 Å². The highest BCUT2D eigenvalue weighted by molar-refractivity contribution is 9.10. The fraction of sp³-hybridized carbons (Fsp3) is 0.121. The molecule has 0 saturated carbocycles. The first kappa shape index (κ1) is 27.1. The van der Waals surface area contributed by atoms with E-state index in [1.165, 1.54) is 27.5 Å². The average molecular weight is 567 g/mol. The second-order valence-corrected chi connectivity index (χ2v) is 10.0. The number of nitrogens with one attached hydrogen (secondary N) is 1. The van der Waals surface area contributed by atoms with E-state index in [1.807, 2.05) is 60.7 Å². The van der Waals surface area contributed by atoms with Gasteiger partial charge in [-0.25, -0.2) is 0 Å². The Morgan fingerprint density at radius 2 is 1.63 bits per heavy atom. The molecule has 5 aromatic rings. The number of benzene rings is 4. The van der Waals surface area contributed by atoms with Crippen LogP contribution >= 0.6 is 15.9 Å². The SMILES string of the molecule is CC1=CC(c2cccc3c2oc2ccccc23)CC=C1.N=C(N)c1cccc(Br)c1.NCc1ccccc1. The normalized spacial score (nSPS) is 14.2. The van der Waals surface area contributed by atoms with Crippen LogP contribution in [0, 0.1) is 5.41 Å². The molecule has 1 aliphatic carbocycles. The minimum atomic E-state index is 0.0984. The lowest BCUT2D eigenvalue weighted by atomic mass is 9.89. The molecule has 38 heavy (non-hydrogen) atoms. The van der Waals surface area contributed by atoms with Gasteiger partial charge in [0.2, 0.25) is 0 Å². The van der Waals surface area contributed by atoms with Crippen LogP contribution < -0.4 is 11.5 Å². The predicted octanol–water partition coefficient (Wildman–Crippen LogP) is 8.45. The van der Waals surface area contributed by atoms with Gasteiger partial charge in [-0.15, -0.1) is 0 Å². The molecule has 1 aromatic heterocycles. The van der Waals surface area contributed by atoms with Crippen molar-refractivity contribution in [1.29, 1.82) is 5.41 Å². The van der Waals surface area contributed by atoms with Crippen molar-refractivity contribution in [2.75, 3.05) is 0 Å². The Balaban J connectivity index is 0.000000156. The molecule has 4 aromatic carbocycles. The average Bonchev–Trinajstić information content (AvgIpc) is 3.33. The highest BCUT2D eigenvalue weighted by atomic mass is 79.9. The number of nitrogen functional groups attached to an aromatic ring is 1. The zero-order chi connectivity index (χ0) is 26.9. The number of amidine groups is 1. The molecule has 1 atom stereocenters. The summed E-state index contributed by atoms with van der Waals surface area (Å²) in [6, 6.07) is 32.1. The van der Waals surface area contributed by atoms with Gasteiger partial charge >= 0.3 is 0 Å². The Kier molecular flexibility index (Phi) is 9.30. The summed E-state index contributed by atoms with van der Waals surface area (Å²) in [6.07, 6.45) is 7.83. The van der Waals surface area contributed by atoms with Crippen molar-refractivity contribution in [3.05, 3.63) is 142 Å². The van der Waals surface area contributed by atoms with Gasteiger partial charge in [-0.05, 0) is 37.1 Å². The molecular weight excluding hydrogens is 534 g/mol. The number of hydrogen-bond acceptors (Lipinski definition) is 3. The van der Waals surface area contributed by atoms with E-state index in [0.717, 1.165) is 27.6 Å². The van der Waals surface area contributed by atoms with Crippen molar-refractivity contribution in [3.63, 3.8) is 0 Å². The molecule has 0 aliphatic heterocycles. The molecule has 1 heterocycles.